The lowest BCUT2D eigenvalue weighted by atomic mass is 9.85. The second-order valence-corrected chi connectivity index (χ2v) is 6.16. The van der Waals surface area contributed by atoms with Crippen molar-refractivity contribution in [3.8, 4) is 11.8 Å². The average molecular weight is 325 g/mol. The maximum Gasteiger partial charge on any atom is 0.205 e. The summed E-state index contributed by atoms with van der Waals surface area (Å²) in [6.45, 7) is 6.11. The number of nitriles is 1. The molecule has 118 valence electrons. The van der Waals surface area contributed by atoms with E-state index in [1.165, 1.54) is 0 Å². The summed E-state index contributed by atoms with van der Waals surface area (Å²) < 4.78 is 5.76. The van der Waals surface area contributed by atoms with Crippen molar-refractivity contribution in [3.63, 3.8) is 0 Å². The Morgan fingerprint density at radius 2 is 2.09 bits per heavy atom. The van der Waals surface area contributed by atoms with Gasteiger partial charge in [0, 0.05) is 30.4 Å². The Labute approximate surface area is 140 Å². The van der Waals surface area contributed by atoms with E-state index in [-0.39, 0.29) is 11.8 Å². The Kier molecular flexibility index (Phi) is 4.26. The minimum Gasteiger partial charge on any atom is -0.440 e. The SMILES string of the molecule is CCN(CC)c1ccc2c(c1)OC(N)=C(C#N)C2c1ccsc1. The largest absolute Gasteiger partial charge is 0.440 e. The Balaban J connectivity index is 2.11. The molecule has 3 rings (SSSR count). The number of hydrogen-bond acceptors (Lipinski definition) is 5. The summed E-state index contributed by atoms with van der Waals surface area (Å²) in [7, 11) is 0. The van der Waals surface area contributed by atoms with E-state index in [1.54, 1.807) is 11.3 Å². The fraction of sp³-hybridized carbons (Fsp3) is 0.278. The third-order valence-electron chi connectivity index (χ3n) is 4.21. The summed E-state index contributed by atoms with van der Waals surface area (Å²) in [4.78, 5) is 2.25. The first kappa shape index (κ1) is 15.4. The fourth-order valence-corrected chi connectivity index (χ4v) is 3.70. The zero-order valence-corrected chi connectivity index (χ0v) is 14.1. The van der Waals surface area contributed by atoms with Crippen molar-refractivity contribution < 1.29 is 4.74 Å². The molecule has 2 heterocycles. The van der Waals surface area contributed by atoms with E-state index >= 15 is 0 Å². The number of nitrogens with two attached hydrogens (primary N) is 1. The smallest absolute Gasteiger partial charge is 0.205 e. The molecule has 0 saturated carbocycles. The zero-order valence-electron chi connectivity index (χ0n) is 13.2. The molecular formula is C18H19N3OS. The van der Waals surface area contributed by atoms with Crippen LogP contribution in [0.1, 0.15) is 30.9 Å². The third kappa shape index (κ3) is 2.66. The first-order chi connectivity index (χ1) is 11.2. The highest BCUT2D eigenvalue weighted by Crippen LogP contribution is 2.43. The van der Waals surface area contributed by atoms with Crippen molar-refractivity contribution >= 4 is 17.0 Å². The molecule has 0 bridgehead atoms. The number of anilines is 1. The van der Waals surface area contributed by atoms with Crippen LogP contribution in [-0.2, 0) is 0 Å². The van der Waals surface area contributed by atoms with Gasteiger partial charge in [-0.25, -0.2) is 0 Å². The zero-order chi connectivity index (χ0) is 16.4. The highest BCUT2D eigenvalue weighted by Gasteiger charge is 2.31. The van der Waals surface area contributed by atoms with Crippen molar-refractivity contribution in [1.29, 1.82) is 5.26 Å². The standard InChI is InChI=1S/C18H19N3OS/c1-3-21(4-2)13-5-6-14-16(9-13)22-18(20)15(10-19)17(14)12-7-8-23-11-12/h5-9,11,17H,3-4,20H2,1-2H3. The van der Waals surface area contributed by atoms with Crippen LogP contribution >= 0.6 is 11.3 Å². The minimum absolute atomic E-state index is 0.152. The maximum atomic E-state index is 9.50. The minimum atomic E-state index is -0.152. The molecule has 0 saturated heterocycles. The van der Waals surface area contributed by atoms with Crippen molar-refractivity contribution in [2.75, 3.05) is 18.0 Å². The predicted octanol–water partition coefficient (Wildman–Crippen LogP) is 3.81. The van der Waals surface area contributed by atoms with Crippen LogP contribution in [0.25, 0.3) is 0 Å². The quantitative estimate of drug-likeness (QED) is 0.928. The summed E-state index contributed by atoms with van der Waals surface area (Å²) in [5, 5.41) is 13.6. The van der Waals surface area contributed by atoms with Crippen LogP contribution in [0, 0.1) is 11.3 Å². The predicted molar refractivity (Wildman–Crippen MR) is 93.6 cm³/mol. The van der Waals surface area contributed by atoms with Crippen molar-refractivity contribution in [2.45, 2.75) is 19.8 Å². The number of allylic oxidation sites excluding steroid dienone is 1. The molecule has 1 aromatic carbocycles. The molecule has 2 N–H and O–H groups in total. The molecule has 1 aromatic heterocycles. The summed E-state index contributed by atoms with van der Waals surface area (Å²) in [5.41, 5.74) is 9.67. The Bertz CT molecular complexity index is 770. The first-order valence-corrected chi connectivity index (χ1v) is 8.62. The third-order valence-corrected chi connectivity index (χ3v) is 4.91. The van der Waals surface area contributed by atoms with Crippen LogP contribution in [0.2, 0.25) is 0 Å². The van der Waals surface area contributed by atoms with Crippen LogP contribution < -0.4 is 15.4 Å². The second kappa shape index (κ2) is 6.35. The van der Waals surface area contributed by atoms with Crippen molar-refractivity contribution in [3.05, 3.63) is 57.6 Å². The lowest BCUT2D eigenvalue weighted by molar-refractivity contribution is 0.394. The number of rotatable bonds is 4. The monoisotopic (exact) mass is 325 g/mol. The van der Waals surface area contributed by atoms with Gasteiger partial charge in [0.2, 0.25) is 5.88 Å². The molecule has 1 unspecified atom stereocenters. The van der Waals surface area contributed by atoms with Crippen LogP contribution in [0.3, 0.4) is 0 Å². The van der Waals surface area contributed by atoms with E-state index in [9.17, 15) is 5.26 Å². The fourth-order valence-electron chi connectivity index (χ4n) is 3.01. The van der Waals surface area contributed by atoms with Crippen LogP contribution in [0.15, 0.2) is 46.5 Å². The molecule has 5 heteroatoms. The van der Waals surface area contributed by atoms with E-state index < -0.39 is 0 Å². The van der Waals surface area contributed by atoms with Gasteiger partial charge in [-0.3, -0.25) is 0 Å². The number of ether oxygens (including phenoxy) is 1. The molecule has 0 radical (unpaired) electrons. The highest BCUT2D eigenvalue weighted by atomic mass is 32.1. The van der Waals surface area contributed by atoms with Gasteiger partial charge < -0.3 is 15.4 Å². The van der Waals surface area contributed by atoms with E-state index in [4.69, 9.17) is 10.5 Å². The van der Waals surface area contributed by atoms with Crippen LogP contribution in [-0.4, -0.2) is 13.1 Å². The van der Waals surface area contributed by atoms with Gasteiger partial charge in [0.05, 0.1) is 5.92 Å². The van der Waals surface area contributed by atoms with Crippen molar-refractivity contribution in [1.82, 2.24) is 0 Å². The Morgan fingerprint density at radius 1 is 1.30 bits per heavy atom. The van der Waals surface area contributed by atoms with Gasteiger partial charge in [0.25, 0.3) is 0 Å². The van der Waals surface area contributed by atoms with E-state index in [0.29, 0.717) is 5.57 Å². The van der Waals surface area contributed by atoms with Crippen LogP contribution in [0.4, 0.5) is 5.69 Å². The Morgan fingerprint density at radius 3 is 2.70 bits per heavy atom. The Hall–Kier alpha value is -2.45. The molecule has 2 aromatic rings. The number of nitrogens with zero attached hydrogens (tertiary/aromatic N) is 2. The molecule has 1 aliphatic heterocycles. The van der Waals surface area contributed by atoms with E-state index in [2.05, 4.69) is 42.3 Å². The number of benzene rings is 1. The number of hydrogen-bond donors (Lipinski definition) is 1. The molecule has 0 spiro atoms. The molecule has 0 amide bonds. The number of thiophene rings is 1. The van der Waals surface area contributed by atoms with E-state index in [0.717, 1.165) is 35.7 Å². The summed E-state index contributed by atoms with van der Waals surface area (Å²) in [6.07, 6.45) is 0. The normalized spacial score (nSPS) is 16.5. The summed E-state index contributed by atoms with van der Waals surface area (Å²) >= 11 is 1.62. The molecule has 0 aliphatic carbocycles. The molecule has 23 heavy (non-hydrogen) atoms. The lowest BCUT2D eigenvalue weighted by Crippen LogP contribution is -2.24. The number of fused-ring (bicyclic) bond motifs is 1. The van der Waals surface area contributed by atoms with Gasteiger partial charge in [-0.05, 0) is 42.3 Å². The molecule has 4 nitrogen and oxygen atoms in total. The van der Waals surface area contributed by atoms with Gasteiger partial charge >= 0.3 is 0 Å². The maximum absolute atomic E-state index is 9.50. The van der Waals surface area contributed by atoms with Gasteiger partial charge in [-0.2, -0.15) is 16.6 Å². The average Bonchev–Trinajstić information content (AvgIpc) is 3.08. The topological polar surface area (TPSA) is 62.3 Å². The summed E-state index contributed by atoms with van der Waals surface area (Å²) in [6, 6.07) is 10.4. The van der Waals surface area contributed by atoms with Gasteiger partial charge in [0.15, 0.2) is 0 Å². The molecule has 1 atom stereocenters. The second-order valence-electron chi connectivity index (χ2n) is 5.38. The molecular weight excluding hydrogens is 306 g/mol. The first-order valence-electron chi connectivity index (χ1n) is 7.68. The molecule has 1 aliphatic rings. The van der Waals surface area contributed by atoms with Gasteiger partial charge in [-0.1, -0.05) is 6.07 Å². The lowest BCUT2D eigenvalue weighted by Gasteiger charge is -2.28. The highest BCUT2D eigenvalue weighted by molar-refractivity contribution is 7.08. The van der Waals surface area contributed by atoms with E-state index in [1.807, 2.05) is 17.5 Å². The van der Waals surface area contributed by atoms with Gasteiger partial charge in [0.1, 0.15) is 17.4 Å². The molecule has 0 fully saturated rings. The van der Waals surface area contributed by atoms with Gasteiger partial charge in [-0.15, -0.1) is 0 Å². The summed E-state index contributed by atoms with van der Waals surface area (Å²) in [5.74, 6) is 0.788. The van der Waals surface area contributed by atoms with Crippen molar-refractivity contribution in [2.24, 2.45) is 5.73 Å². The van der Waals surface area contributed by atoms with Crippen LogP contribution in [0.5, 0.6) is 5.75 Å².